The van der Waals surface area contributed by atoms with Gasteiger partial charge in [-0.2, -0.15) is 0 Å². The summed E-state index contributed by atoms with van der Waals surface area (Å²) in [5, 5.41) is 0. The summed E-state index contributed by atoms with van der Waals surface area (Å²) >= 11 is 6.82. The minimum atomic E-state index is 0.564. The van der Waals surface area contributed by atoms with Gasteiger partial charge in [0.05, 0.1) is 6.54 Å². The summed E-state index contributed by atoms with van der Waals surface area (Å²) in [4.78, 5) is 3.41. The number of hydrogen-bond acceptors (Lipinski definition) is 2. The third kappa shape index (κ3) is 1.97. The second kappa shape index (κ2) is 3.59. The fourth-order valence-corrected chi connectivity index (χ4v) is 2.44. The minimum Gasteiger partial charge on any atom is -0.350 e. The van der Waals surface area contributed by atoms with Crippen molar-refractivity contribution < 1.29 is 0 Å². The van der Waals surface area contributed by atoms with Gasteiger partial charge < -0.3 is 4.90 Å². The Bertz CT molecular complexity index is 189. The van der Waals surface area contributed by atoms with Crippen molar-refractivity contribution in [3.63, 3.8) is 0 Å². The number of hydrogen-bond donors (Lipinski definition) is 0. The molecule has 1 nitrogen and oxygen atoms in total. The standard InChI is InChI=1S/C8H13NS2/c1-4-6(2)9-5-7(3)11-8(9)10/h6H,3-5H2,1-2H3. The van der Waals surface area contributed by atoms with Gasteiger partial charge in [-0.3, -0.25) is 0 Å². The van der Waals surface area contributed by atoms with Crippen molar-refractivity contribution in [3.8, 4) is 0 Å². The molecule has 1 atom stereocenters. The van der Waals surface area contributed by atoms with E-state index in [-0.39, 0.29) is 0 Å². The number of thiocarbonyl (C=S) groups is 1. The maximum atomic E-state index is 5.19. The fourth-order valence-electron chi connectivity index (χ4n) is 1.03. The Morgan fingerprint density at radius 1 is 1.82 bits per heavy atom. The number of nitrogens with zero attached hydrogens (tertiary/aromatic N) is 1. The van der Waals surface area contributed by atoms with Crippen LogP contribution in [0.15, 0.2) is 11.5 Å². The average molecular weight is 187 g/mol. The van der Waals surface area contributed by atoms with E-state index in [2.05, 4.69) is 25.3 Å². The molecule has 11 heavy (non-hydrogen) atoms. The van der Waals surface area contributed by atoms with Gasteiger partial charge in [-0.1, -0.05) is 37.5 Å². The van der Waals surface area contributed by atoms with E-state index in [1.54, 1.807) is 11.8 Å². The minimum absolute atomic E-state index is 0.564. The molecule has 3 heteroatoms. The number of rotatable bonds is 2. The molecule has 1 fully saturated rings. The van der Waals surface area contributed by atoms with Crippen molar-refractivity contribution >= 4 is 28.3 Å². The summed E-state index contributed by atoms with van der Waals surface area (Å²) in [7, 11) is 0. The zero-order valence-electron chi connectivity index (χ0n) is 6.96. The Labute approximate surface area is 77.8 Å². The Balaban J connectivity index is 2.59. The molecule has 1 heterocycles. The van der Waals surface area contributed by atoms with Crippen LogP contribution >= 0.6 is 24.0 Å². The van der Waals surface area contributed by atoms with Crippen molar-refractivity contribution in [2.75, 3.05) is 6.54 Å². The first kappa shape index (κ1) is 9.07. The first-order chi connectivity index (χ1) is 5.15. The first-order valence-electron chi connectivity index (χ1n) is 3.81. The molecule has 62 valence electrons. The molecule has 0 N–H and O–H groups in total. The van der Waals surface area contributed by atoms with Gasteiger partial charge in [0.1, 0.15) is 4.32 Å². The van der Waals surface area contributed by atoms with Gasteiger partial charge in [-0.25, -0.2) is 0 Å². The topological polar surface area (TPSA) is 3.24 Å². The van der Waals surface area contributed by atoms with E-state index in [1.165, 1.54) is 4.91 Å². The lowest BCUT2D eigenvalue weighted by Crippen LogP contribution is -2.31. The largest absolute Gasteiger partial charge is 0.350 e. The predicted octanol–water partition coefficient (Wildman–Crippen LogP) is 2.63. The van der Waals surface area contributed by atoms with Crippen LogP contribution in [0.1, 0.15) is 20.3 Å². The average Bonchev–Trinajstić information content (AvgIpc) is 2.28. The predicted molar refractivity (Wildman–Crippen MR) is 55.8 cm³/mol. The molecule has 0 radical (unpaired) electrons. The van der Waals surface area contributed by atoms with Crippen LogP contribution in [0.3, 0.4) is 0 Å². The van der Waals surface area contributed by atoms with Gasteiger partial charge in [0.15, 0.2) is 0 Å². The second-order valence-corrected chi connectivity index (χ2v) is 4.61. The fraction of sp³-hybridized carbons (Fsp3) is 0.625. The summed E-state index contributed by atoms with van der Waals surface area (Å²) in [5.41, 5.74) is 0. The summed E-state index contributed by atoms with van der Waals surface area (Å²) in [5.74, 6) is 0. The molecule has 1 rings (SSSR count). The van der Waals surface area contributed by atoms with Crippen molar-refractivity contribution in [1.29, 1.82) is 0 Å². The van der Waals surface area contributed by atoms with E-state index in [0.717, 1.165) is 17.3 Å². The zero-order valence-corrected chi connectivity index (χ0v) is 8.60. The van der Waals surface area contributed by atoms with Crippen LogP contribution in [0.5, 0.6) is 0 Å². The summed E-state index contributed by atoms with van der Waals surface area (Å²) < 4.78 is 0.990. The molecular weight excluding hydrogens is 174 g/mol. The van der Waals surface area contributed by atoms with Gasteiger partial charge >= 0.3 is 0 Å². The molecule has 0 aromatic rings. The Morgan fingerprint density at radius 2 is 2.45 bits per heavy atom. The van der Waals surface area contributed by atoms with Crippen LogP contribution in [0, 0.1) is 0 Å². The molecule has 0 aliphatic carbocycles. The van der Waals surface area contributed by atoms with Crippen molar-refractivity contribution in [2.24, 2.45) is 0 Å². The lowest BCUT2D eigenvalue weighted by molar-refractivity contribution is 0.365. The molecular formula is C8H13NS2. The molecule has 0 spiro atoms. The SMILES string of the molecule is C=C1CN(C(C)CC)C(=S)S1. The monoisotopic (exact) mass is 187 g/mol. The maximum absolute atomic E-state index is 5.19. The third-order valence-corrected chi connectivity index (χ3v) is 3.25. The van der Waals surface area contributed by atoms with Crippen LogP contribution in [0.25, 0.3) is 0 Å². The Hall–Kier alpha value is -0.0200. The van der Waals surface area contributed by atoms with Crippen LogP contribution in [-0.4, -0.2) is 21.8 Å². The molecule has 1 aliphatic rings. The van der Waals surface area contributed by atoms with Crippen LogP contribution < -0.4 is 0 Å². The lowest BCUT2D eigenvalue weighted by atomic mass is 10.2. The van der Waals surface area contributed by atoms with Gasteiger partial charge in [0, 0.05) is 10.9 Å². The van der Waals surface area contributed by atoms with Crippen molar-refractivity contribution in [2.45, 2.75) is 26.3 Å². The molecule has 0 aromatic heterocycles. The zero-order chi connectivity index (χ0) is 8.43. The highest BCUT2D eigenvalue weighted by molar-refractivity contribution is 8.25. The first-order valence-corrected chi connectivity index (χ1v) is 5.03. The molecule has 1 unspecified atom stereocenters. The lowest BCUT2D eigenvalue weighted by Gasteiger charge is -2.23. The van der Waals surface area contributed by atoms with Crippen LogP contribution in [0.4, 0.5) is 0 Å². The summed E-state index contributed by atoms with van der Waals surface area (Å²) in [6, 6.07) is 0.564. The molecule has 0 bridgehead atoms. The summed E-state index contributed by atoms with van der Waals surface area (Å²) in [6.07, 6.45) is 1.15. The highest BCUT2D eigenvalue weighted by atomic mass is 32.2. The Kier molecular flexibility index (Phi) is 2.96. The maximum Gasteiger partial charge on any atom is 0.141 e. The van der Waals surface area contributed by atoms with Crippen molar-refractivity contribution in [1.82, 2.24) is 4.90 Å². The van der Waals surface area contributed by atoms with Crippen molar-refractivity contribution in [3.05, 3.63) is 11.5 Å². The normalized spacial score (nSPS) is 21.1. The quantitative estimate of drug-likeness (QED) is 0.612. The van der Waals surface area contributed by atoms with Gasteiger partial charge in [0.25, 0.3) is 0 Å². The molecule has 1 aliphatic heterocycles. The van der Waals surface area contributed by atoms with Gasteiger partial charge in [-0.15, -0.1) is 0 Å². The van der Waals surface area contributed by atoms with Crippen LogP contribution in [-0.2, 0) is 0 Å². The van der Waals surface area contributed by atoms with E-state index >= 15 is 0 Å². The molecule has 0 aromatic carbocycles. The smallest absolute Gasteiger partial charge is 0.141 e. The molecule has 1 saturated heterocycles. The Morgan fingerprint density at radius 3 is 2.82 bits per heavy atom. The van der Waals surface area contributed by atoms with E-state index in [9.17, 15) is 0 Å². The van der Waals surface area contributed by atoms with E-state index in [4.69, 9.17) is 12.2 Å². The second-order valence-electron chi connectivity index (χ2n) is 2.79. The highest BCUT2D eigenvalue weighted by Gasteiger charge is 2.23. The molecule has 0 amide bonds. The van der Waals surface area contributed by atoms with E-state index in [0.29, 0.717) is 6.04 Å². The van der Waals surface area contributed by atoms with Gasteiger partial charge in [0.2, 0.25) is 0 Å². The summed E-state index contributed by atoms with van der Waals surface area (Å²) in [6.45, 7) is 9.23. The third-order valence-electron chi connectivity index (χ3n) is 1.94. The van der Waals surface area contributed by atoms with E-state index < -0.39 is 0 Å². The van der Waals surface area contributed by atoms with E-state index in [1.807, 2.05) is 0 Å². The number of thioether (sulfide) groups is 1. The van der Waals surface area contributed by atoms with Gasteiger partial charge in [-0.05, 0) is 13.3 Å². The highest BCUT2D eigenvalue weighted by Crippen LogP contribution is 2.29. The van der Waals surface area contributed by atoms with Crippen LogP contribution in [0.2, 0.25) is 0 Å². The molecule has 0 saturated carbocycles.